The van der Waals surface area contributed by atoms with E-state index in [-0.39, 0.29) is 6.04 Å². The van der Waals surface area contributed by atoms with Gasteiger partial charge in [-0.15, -0.1) is 0 Å². The molecule has 0 amide bonds. The van der Waals surface area contributed by atoms with Crippen molar-refractivity contribution in [1.82, 2.24) is 15.1 Å². The van der Waals surface area contributed by atoms with E-state index in [9.17, 15) is 0 Å². The van der Waals surface area contributed by atoms with Gasteiger partial charge in [-0.1, -0.05) is 12.1 Å². The van der Waals surface area contributed by atoms with E-state index in [1.54, 1.807) is 6.20 Å². The number of hydrogen-bond donors (Lipinski definition) is 1. The molecule has 4 heteroatoms. The van der Waals surface area contributed by atoms with Crippen LogP contribution in [0.2, 0.25) is 0 Å². The van der Waals surface area contributed by atoms with Crippen LogP contribution in [0.25, 0.3) is 0 Å². The van der Waals surface area contributed by atoms with Gasteiger partial charge in [-0.25, -0.2) is 0 Å². The molecule has 1 N–H and O–H groups in total. The van der Waals surface area contributed by atoms with E-state index in [1.807, 2.05) is 41.2 Å². The summed E-state index contributed by atoms with van der Waals surface area (Å²) in [7, 11) is 0. The van der Waals surface area contributed by atoms with Gasteiger partial charge in [-0.3, -0.25) is 4.68 Å². The number of nitrogens with one attached hydrogen (secondary N) is 1. The molecule has 1 unspecified atom stereocenters. The average molecular weight is 240 g/mol. The van der Waals surface area contributed by atoms with Crippen LogP contribution in [0.3, 0.4) is 0 Å². The molecule has 1 heterocycles. The summed E-state index contributed by atoms with van der Waals surface area (Å²) in [6.45, 7) is 3.83. The molecule has 1 aromatic heterocycles. The van der Waals surface area contributed by atoms with Gasteiger partial charge in [-0.05, 0) is 30.7 Å². The fourth-order valence-electron chi connectivity index (χ4n) is 1.79. The van der Waals surface area contributed by atoms with Crippen LogP contribution in [0.4, 0.5) is 0 Å². The smallest absolute Gasteiger partial charge is 0.0991 e. The molecule has 0 aliphatic heterocycles. The maximum Gasteiger partial charge on any atom is 0.0991 e. The van der Waals surface area contributed by atoms with E-state index in [1.165, 1.54) is 5.56 Å². The molecule has 2 aromatic rings. The molecule has 0 radical (unpaired) electrons. The second kappa shape index (κ2) is 5.99. The van der Waals surface area contributed by atoms with Crippen LogP contribution in [0, 0.1) is 11.3 Å². The predicted molar refractivity (Wildman–Crippen MR) is 69.8 cm³/mol. The fourth-order valence-corrected chi connectivity index (χ4v) is 1.79. The lowest BCUT2D eigenvalue weighted by atomic mass is 10.1. The summed E-state index contributed by atoms with van der Waals surface area (Å²) in [6, 6.07) is 12.0. The molecule has 0 bridgehead atoms. The molecule has 1 aromatic carbocycles. The summed E-state index contributed by atoms with van der Waals surface area (Å²) in [5, 5.41) is 16.3. The minimum atomic E-state index is 0.272. The van der Waals surface area contributed by atoms with Crippen LogP contribution in [-0.2, 0) is 6.54 Å². The van der Waals surface area contributed by atoms with Gasteiger partial charge < -0.3 is 5.32 Å². The second-order valence-electron chi connectivity index (χ2n) is 4.18. The third kappa shape index (κ3) is 3.19. The first kappa shape index (κ1) is 12.3. The highest BCUT2D eigenvalue weighted by Gasteiger charge is 2.04. The van der Waals surface area contributed by atoms with E-state index in [0.717, 1.165) is 13.1 Å². The Morgan fingerprint density at radius 3 is 2.78 bits per heavy atom. The monoisotopic (exact) mass is 240 g/mol. The van der Waals surface area contributed by atoms with Gasteiger partial charge in [0.05, 0.1) is 18.2 Å². The van der Waals surface area contributed by atoms with Crippen molar-refractivity contribution < 1.29 is 0 Å². The molecule has 0 aliphatic rings. The number of hydrogen-bond acceptors (Lipinski definition) is 3. The molecule has 0 aliphatic carbocycles. The third-order valence-electron chi connectivity index (χ3n) is 2.89. The lowest BCUT2D eigenvalue weighted by Crippen LogP contribution is -2.23. The maximum absolute atomic E-state index is 8.74. The van der Waals surface area contributed by atoms with Gasteiger partial charge in [0, 0.05) is 25.0 Å². The van der Waals surface area contributed by atoms with Crippen LogP contribution < -0.4 is 5.32 Å². The standard InChI is InChI=1S/C14H16N4/c1-12(14-5-3-13(11-15)4-6-14)16-8-10-18-9-2-7-17-18/h2-7,9,12,16H,8,10H2,1H3. The minimum Gasteiger partial charge on any atom is -0.308 e. The van der Waals surface area contributed by atoms with Crippen LogP contribution >= 0.6 is 0 Å². The summed E-state index contributed by atoms with van der Waals surface area (Å²) in [5.74, 6) is 0. The van der Waals surface area contributed by atoms with Gasteiger partial charge in [0.25, 0.3) is 0 Å². The van der Waals surface area contributed by atoms with Gasteiger partial charge in [-0.2, -0.15) is 10.4 Å². The van der Waals surface area contributed by atoms with Crippen molar-refractivity contribution in [2.75, 3.05) is 6.54 Å². The van der Waals surface area contributed by atoms with Gasteiger partial charge in [0.15, 0.2) is 0 Å². The Morgan fingerprint density at radius 1 is 1.39 bits per heavy atom. The Hall–Kier alpha value is -2.12. The van der Waals surface area contributed by atoms with Crippen molar-refractivity contribution in [2.24, 2.45) is 0 Å². The fraction of sp³-hybridized carbons (Fsp3) is 0.286. The Kier molecular flexibility index (Phi) is 4.11. The molecule has 1 atom stereocenters. The topological polar surface area (TPSA) is 53.6 Å². The molecule has 0 spiro atoms. The zero-order valence-corrected chi connectivity index (χ0v) is 10.4. The van der Waals surface area contributed by atoms with Crippen LogP contribution in [0.1, 0.15) is 24.1 Å². The van der Waals surface area contributed by atoms with E-state index in [0.29, 0.717) is 5.56 Å². The zero-order chi connectivity index (χ0) is 12.8. The van der Waals surface area contributed by atoms with Gasteiger partial charge in [0.2, 0.25) is 0 Å². The summed E-state index contributed by atoms with van der Waals surface area (Å²) in [4.78, 5) is 0. The van der Waals surface area contributed by atoms with Crippen molar-refractivity contribution in [3.05, 3.63) is 53.9 Å². The van der Waals surface area contributed by atoms with Crippen LogP contribution in [0.15, 0.2) is 42.7 Å². The van der Waals surface area contributed by atoms with E-state index in [2.05, 4.69) is 23.4 Å². The molecule has 0 saturated heterocycles. The third-order valence-corrected chi connectivity index (χ3v) is 2.89. The van der Waals surface area contributed by atoms with Gasteiger partial charge in [0.1, 0.15) is 0 Å². The van der Waals surface area contributed by atoms with E-state index >= 15 is 0 Å². The molecule has 0 saturated carbocycles. The average Bonchev–Trinajstić information content (AvgIpc) is 2.92. The minimum absolute atomic E-state index is 0.272. The van der Waals surface area contributed by atoms with E-state index < -0.39 is 0 Å². The summed E-state index contributed by atoms with van der Waals surface area (Å²) in [5.41, 5.74) is 1.89. The maximum atomic E-state index is 8.74. The second-order valence-corrected chi connectivity index (χ2v) is 4.18. The Labute approximate surface area is 107 Å². The molecule has 18 heavy (non-hydrogen) atoms. The molecule has 4 nitrogen and oxygen atoms in total. The largest absolute Gasteiger partial charge is 0.308 e. The first-order valence-electron chi connectivity index (χ1n) is 6.00. The highest BCUT2D eigenvalue weighted by molar-refractivity contribution is 5.32. The van der Waals surface area contributed by atoms with Gasteiger partial charge >= 0.3 is 0 Å². The number of benzene rings is 1. The number of nitriles is 1. The normalized spacial score (nSPS) is 12.0. The quantitative estimate of drug-likeness (QED) is 0.870. The van der Waals surface area contributed by atoms with Crippen molar-refractivity contribution in [2.45, 2.75) is 19.5 Å². The van der Waals surface area contributed by atoms with Crippen molar-refractivity contribution >= 4 is 0 Å². The lowest BCUT2D eigenvalue weighted by Gasteiger charge is -2.14. The number of aromatic nitrogens is 2. The first-order valence-corrected chi connectivity index (χ1v) is 6.00. The Morgan fingerprint density at radius 2 is 2.17 bits per heavy atom. The Bertz CT molecular complexity index is 508. The number of nitrogens with zero attached hydrogens (tertiary/aromatic N) is 3. The highest BCUT2D eigenvalue weighted by Crippen LogP contribution is 2.12. The van der Waals surface area contributed by atoms with Crippen molar-refractivity contribution in [3.63, 3.8) is 0 Å². The van der Waals surface area contributed by atoms with Crippen LogP contribution in [-0.4, -0.2) is 16.3 Å². The predicted octanol–water partition coefficient (Wildman–Crippen LogP) is 2.11. The van der Waals surface area contributed by atoms with Crippen LogP contribution in [0.5, 0.6) is 0 Å². The molecule has 2 rings (SSSR count). The lowest BCUT2D eigenvalue weighted by molar-refractivity contribution is 0.507. The summed E-state index contributed by atoms with van der Waals surface area (Å²) < 4.78 is 1.90. The highest BCUT2D eigenvalue weighted by atomic mass is 15.3. The number of rotatable bonds is 5. The Balaban J connectivity index is 1.83. The molecule has 92 valence electrons. The molecule has 0 fully saturated rings. The SMILES string of the molecule is CC(NCCn1cccn1)c1ccc(C#N)cc1. The summed E-state index contributed by atoms with van der Waals surface area (Å²) >= 11 is 0. The summed E-state index contributed by atoms with van der Waals surface area (Å²) in [6.07, 6.45) is 3.73. The first-order chi connectivity index (χ1) is 8.79. The zero-order valence-electron chi connectivity index (χ0n) is 10.4. The van der Waals surface area contributed by atoms with E-state index in [4.69, 9.17) is 5.26 Å². The molecular formula is C14H16N4. The van der Waals surface area contributed by atoms with Crippen molar-refractivity contribution in [1.29, 1.82) is 5.26 Å². The molecular weight excluding hydrogens is 224 g/mol. The van der Waals surface area contributed by atoms with Crippen molar-refractivity contribution in [3.8, 4) is 6.07 Å².